The first-order valence-corrected chi connectivity index (χ1v) is 8.27. The van der Waals surface area contributed by atoms with Gasteiger partial charge in [0.1, 0.15) is 23.2 Å². The van der Waals surface area contributed by atoms with E-state index in [4.69, 9.17) is 17.0 Å². The van der Waals surface area contributed by atoms with Gasteiger partial charge in [0.2, 0.25) is 0 Å². The molecule has 2 aromatic heterocycles. The van der Waals surface area contributed by atoms with Gasteiger partial charge in [-0.2, -0.15) is 10.2 Å². The maximum atomic E-state index is 11.3. The average molecular weight is 374 g/mol. The zero-order valence-electron chi connectivity index (χ0n) is 14.8. The highest BCUT2D eigenvalue weighted by molar-refractivity contribution is 7.71. The van der Waals surface area contributed by atoms with E-state index < -0.39 is 4.92 Å². The first-order valence-electron chi connectivity index (χ1n) is 7.87. The van der Waals surface area contributed by atoms with Crippen molar-refractivity contribution >= 4 is 17.9 Å². The van der Waals surface area contributed by atoms with Gasteiger partial charge in [-0.1, -0.05) is 0 Å². The molecule has 1 aromatic carbocycles. The third-order valence-corrected chi connectivity index (χ3v) is 4.51. The highest BCUT2D eigenvalue weighted by Crippen LogP contribution is 2.28. The van der Waals surface area contributed by atoms with Gasteiger partial charge in [-0.15, -0.1) is 0 Å². The number of hydrogen-bond donors (Lipinski definition) is 1. The van der Waals surface area contributed by atoms with Gasteiger partial charge in [-0.3, -0.25) is 24.5 Å². The Labute approximate surface area is 154 Å². The molecule has 0 saturated carbocycles. The van der Waals surface area contributed by atoms with Crippen LogP contribution in [0.15, 0.2) is 24.3 Å². The molecule has 0 aliphatic heterocycles. The Balaban J connectivity index is 2.10. The van der Waals surface area contributed by atoms with Crippen molar-refractivity contribution in [2.45, 2.75) is 26.8 Å². The normalized spacial score (nSPS) is 12.2. The van der Waals surface area contributed by atoms with E-state index in [0.717, 1.165) is 11.4 Å². The third-order valence-electron chi connectivity index (χ3n) is 4.24. The van der Waals surface area contributed by atoms with Gasteiger partial charge in [-0.05, 0) is 57.3 Å². The molecule has 0 spiro atoms. The fourth-order valence-corrected chi connectivity index (χ4v) is 3.22. The lowest BCUT2D eigenvalue weighted by Gasteiger charge is -2.15. The first kappa shape index (κ1) is 17.8. The molecular weight excluding hydrogens is 356 g/mol. The van der Waals surface area contributed by atoms with Crippen LogP contribution < -0.4 is 4.74 Å². The molecule has 0 amide bonds. The lowest BCUT2D eigenvalue weighted by molar-refractivity contribution is -0.386. The quantitative estimate of drug-likeness (QED) is 0.418. The van der Waals surface area contributed by atoms with Gasteiger partial charge in [0.25, 0.3) is 0 Å². The summed E-state index contributed by atoms with van der Waals surface area (Å²) < 4.78 is 8.98. The third kappa shape index (κ3) is 2.88. The minimum absolute atomic E-state index is 0.0157. The number of H-pyrrole nitrogens is 1. The number of aryl methyl sites for hydroxylation is 1. The van der Waals surface area contributed by atoms with Gasteiger partial charge >= 0.3 is 5.69 Å². The first-order chi connectivity index (χ1) is 12.3. The Hall–Kier alpha value is -3.01. The molecule has 1 N–H and O–H groups in total. The molecule has 0 fully saturated rings. The standard InChI is InChI=1S/C16H18N6O3S/c1-9-14(22(23)24)10(2)21(19-9)11(3)15-17-18-16(26)20(15)12-5-7-13(25-4)8-6-12/h5-8,11H,1-4H3,(H,18,26)/t11-/m1/s1. The molecule has 136 valence electrons. The van der Waals surface area contributed by atoms with Gasteiger partial charge in [-0.25, -0.2) is 0 Å². The van der Waals surface area contributed by atoms with E-state index in [1.165, 1.54) is 0 Å². The van der Waals surface area contributed by atoms with Crippen molar-refractivity contribution in [2.24, 2.45) is 0 Å². The summed E-state index contributed by atoms with van der Waals surface area (Å²) in [6.45, 7) is 5.16. The molecule has 3 rings (SSSR count). The molecule has 1 atom stereocenters. The number of nitrogens with zero attached hydrogens (tertiary/aromatic N) is 5. The van der Waals surface area contributed by atoms with E-state index in [9.17, 15) is 10.1 Å². The fraction of sp³-hybridized carbons (Fsp3) is 0.312. The molecule has 3 aromatic rings. The number of hydrogen-bond acceptors (Lipinski definition) is 6. The van der Waals surface area contributed by atoms with Crippen LogP contribution in [0, 0.1) is 28.7 Å². The van der Waals surface area contributed by atoms with Crippen LogP contribution in [-0.4, -0.2) is 36.6 Å². The second-order valence-electron chi connectivity index (χ2n) is 5.82. The van der Waals surface area contributed by atoms with Crippen molar-refractivity contribution in [2.75, 3.05) is 7.11 Å². The molecule has 0 aliphatic carbocycles. The largest absolute Gasteiger partial charge is 0.497 e. The van der Waals surface area contributed by atoms with Gasteiger partial charge in [0.05, 0.1) is 12.0 Å². The predicted octanol–water partition coefficient (Wildman–Crippen LogP) is 3.27. The monoisotopic (exact) mass is 374 g/mol. The van der Waals surface area contributed by atoms with Crippen LogP contribution >= 0.6 is 12.2 Å². The summed E-state index contributed by atoms with van der Waals surface area (Å²) in [6.07, 6.45) is 0. The van der Waals surface area contributed by atoms with E-state index >= 15 is 0 Å². The van der Waals surface area contributed by atoms with Crippen LogP contribution in [0.2, 0.25) is 0 Å². The van der Waals surface area contributed by atoms with Crippen LogP contribution in [0.1, 0.15) is 30.2 Å². The van der Waals surface area contributed by atoms with Crippen molar-refractivity contribution in [1.29, 1.82) is 0 Å². The second-order valence-corrected chi connectivity index (χ2v) is 6.20. The Kier molecular flexibility index (Phi) is 4.60. The molecular formula is C16H18N6O3S. The molecule has 10 heteroatoms. The Morgan fingerprint density at radius 2 is 1.96 bits per heavy atom. The molecule has 0 radical (unpaired) electrons. The average Bonchev–Trinajstić information content (AvgIpc) is 3.14. The van der Waals surface area contributed by atoms with Crippen LogP contribution in [-0.2, 0) is 0 Å². The van der Waals surface area contributed by atoms with Crippen molar-refractivity contribution in [3.63, 3.8) is 0 Å². The fourth-order valence-electron chi connectivity index (χ4n) is 2.98. The minimum atomic E-state index is -0.415. The number of nitrogens with one attached hydrogen (secondary N) is 1. The van der Waals surface area contributed by atoms with Crippen LogP contribution in [0.25, 0.3) is 5.69 Å². The van der Waals surface area contributed by atoms with Crippen LogP contribution in [0.4, 0.5) is 5.69 Å². The molecule has 2 heterocycles. The number of nitro groups is 1. The number of rotatable bonds is 5. The Morgan fingerprint density at radius 3 is 2.50 bits per heavy atom. The maximum Gasteiger partial charge on any atom is 0.312 e. The number of aromatic amines is 1. The molecule has 9 nitrogen and oxygen atoms in total. The molecule has 0 aliphatic rings. The second kappa shape index (κ2) is 6.71. The zero-order chi connectivity index (χ0) is 19.0. The number of aromatic nitrogens is 5. The van der Waals surface area contributed by atoms with Crippen LogP contribution in [0.3, 0.4) is 0 Å². The highest BCUT2D eigenvalue weighted by Gasteiger charge is 2.27. The maximum absolute atomic E-state index is 11.3. The van der Waals surface area contributed by atoms with Crippen molar-refractivity contribution in [1.82, 2.24) is 24.5 Å². The van der Waals surface area contributed by atoms with E-state index in [1.807, 2.05) is 31.2 Å². The van der Waals surface area contributed by atoms with E-state index in [0.29, 0.717) is 22.0 Å². The summed E-state index contributed by atoms with van der Waals surface area (Å²) in [7, 11) is 1.60. The Morgan fingerprint density at radius 1 is 1.31 bits per heavy atom. The summed E-state index contributed by atoms with van der Waals surface area (Å²) in [5.41, 5.74) is 1.66. The number of methoxy groups -OCH3 is 1. The zero-order valence-corrected chi connectivity index (χ0v) is 15.6. The summed E-state index contributed by atoms with van der Waals surface area (Å²) >= 11 is 5.37. The number of benzene rings is 1. The van der Waals surface area contributed by atoms with Crippen LogP contribution in [0.5, 0.6) is 5.75 Å². The number of ether oxygens (including phenoxy) is 1. The van der Waals surface area contributed by atoms with E-state index in [-0.39, 0.29) is 11.7 Å². The smallest absolute Gasteiger partial charge is 0.312 e. The molecule has 26 heavy (non-hydrogen) atoms. The summed E-state index contributed by atoms with van der Waals surface area (Å²) in [6, 6.07) is 7.02. The summed E-state index contributed by atoms with van der Waals surface area (Å²) in [5, 5.41) is 22.7. The van der Waals surface area contributed by atoms with Gasteiger partial charge < -0.3 is 4.74 Å². The van der Waals surface area contributed by atoms with Gasteiger partial charge in [0, 0.05) is 5.69 Å². The van der Waals surface area contributed by atoms with Crippen molar-refractivity contribution in [3.05, 3.63) is 56.4 Å². The Bertz CT molecular complexity index is 1020. The molecule has 0 saturated heterocycles. The highest BCUT2D eigenvalue weighted by atomic mass is 32.1. The SMILES string of the molecule is COc1ccc(-n2c([C@@H](C)n3nc(C)c([N+](=O)[O-])c3C)n[nH]c2=S)cc1. The summed E-state index contributed by atoms with van der Waals surface area (Å²) in [5.74, 6) is 1.33. The van der Waals surface area contributed by atoms with Gasteiger partial charge in [0.15, 0.2) is 10.6 Å². The van der Waals surface area contributed by atoms with E-state index in [1.54, 1.807) is 30.2 Å². The minimum Gasteiger partial charge on any atom is -0.497 e. The van der Waals surface area contributed by atoms with Crippen molar-refractivity contribution in [3.8, 4) is 11.4 Å². The topological polar surface area (TPSA) is 104 Å². The predicted molar refractivity (Wildman–Crippen MR) is 97.5 cm³/mol. The van der Waals surface area contributed by atoms with Crippen molar-refractivity contribution < 1.29 is 9.66 Å². The lowest BCUT2D eigenvalue weighted by Crippen LogP contribution is -2.15. The lowest BCUT2D eigenvalue weighted by atomic mass is 10.2. The van der Waals surface area contributed by atoms with E-state index in [2.05, 4.69) is 15.3 Å². The molecule has 0 bridgehead atoms. The molecule has 0 unspecified atom stereocenters. The summed E-state index contributed by atoms with van der Waals surface area (Å²) in [4.78, 5) is 10.8.